The van der Waals surface area contributed by atoms with Gasteiger partial charge in [0, 0.05) is 6.42 Å². The quantitative estimate of drug-likeness (QED) is 0.0275. The molecule has 0 aliphatic carbocycles. The highest BCUT2D eigenvalue weighted by Crippen LogP contribution is 2.44. The van der Waals surface area contributed by atoms with Crippen molar-refractivity contribution in [3.63, 3.8) is 0 Å². The number of carboxylic acids is 1. The van der Waals surface area contributed by atoms with Gasteiger partial charge in [-0.1, -0.05) is 0 Å². The summed E-state index contributed by atoms with van der Waals surface area (Å²) in [5.41, 5.74) is 11.6. The molecule has 0 bridgehead atoms. The first kappa shape index (κ1) is 102. The minimum absolute atomic E-state index is 0.860. The van der Waals surface area contributed by atoms with E-state index in [9.17, 15) is 184 Å². The topological polar surface area (TPSA) is 943 Å². The average Bonchev–Trinajstić information content (AvgIpc) is 0.749. The maximum atomic E-state index is 13.5. The normalized spacial score (nSPS) is 48.6. The van der Waals surface area contributed by atoms with Gasteiger partial charge in [-0.25, -0.2) is 4.79 Å². The zero-order valence-corrected chi connectivity index (χ0v) is 63.5. The second kappa shape index (κ2) is 44.3. The van der Waals surface area contributed by atoms with Crippen molar-refractivity contribution in [2.75, 3.05) is 72.7 Å². The van der Waals surface area contributed by atoms with Gasteiger partial charge in [-0.05, 0) is 0 Å². The molecule has 9 heterocycles. The van der Waals surface area contributed by atoms with Crippen LogP contribution in [0.15, 0.2) is 0 Å². The first-order valence-electron chi connectivity index (χ1n) is 38.1. The largest absolute Gasteiger partial charge is 0.477 e. The summed E-state index contributed by atoms with van der Waals surface area (Å²) < 4.78 is 106. The zero-order valence-electron chi connectivity index (χ0n) is 63.5. The Kier molecular flexibility index (Phi) is 37.3. The molecule has 9 aliphatic rings. The van der Waals surface area contributed by atoms with Crippen molar-refractivity contribution in [2.45, 2.75) is 325 Å². The van der Waals surface area contributed by atoms with E-state index in [1.165, 1.54) is 0 Å². The second-order valence-electron chi connectivity index (χ2n) is 30.4. The maximum Gasteiger partial charge on any atom is 0.364 e. The van der Waals surface area contributed by atoms with E-state index < -0.39 is 404 Å². The van der Waals surface area contributed by atoms with Gasteiger partial charge < -0.3 is 275 Å². The Hall–Kier alpha value is -2.69. The van der Waals surface area contributed by atoms with E-state index in [2.05, 4.69) is 0 Å². The minimum atomic E-state index is -3.35. The Labute approximate surface area is 682 Å². The van der Waals surface area contributed by atoms with Gasteiger partial charge in [0.2, 0.25) is 0 Å². The molecule has 52 atom stereocenters. The van der Waals surface area contributed by atoms with Gasteiger partial charge in [0.05, 0.1) is 97.0 Å². The van der Waals surface area contributed by atoms with Crippen LogP contribution in [-0.2, 0) is 90.1 Å². The summed E-state index contributed by atoms with van der Waals surface area (Å²) in [6.45, 7) is -13.7. The fraction of sp³-hybridized carbons (Fsp3) is 0.985. The van der Waals surface area contributed by atoms with E-state index in [4.69, 9.17) is 96.7 Å². The van der Waals surface area contributed by atoms with Crippen LogP contribution in [0.3, 0.4) is 0 Å². The molecule has 56 heteroatoms. The number of ether oxygens (including phenoxy) is 18. The third kappa shape index (κ3) is 22.0. The number of hydrogen-bond acceptors (Lipinski definition) is 55. The van der Waals surface area contributed by atoms with Crippen molar-refractivity contribution in [1.82, 2.24) is 0 Å². The van der Waals surface area contributed by atoms with Crippen LogP contribution < -0.4 is 11.5 Å². The Morgan fingerprint density at radius 1 is 0.339 bits per heavy atom. The molecule has 56 nitrogen and oxygen atoms in total. The van der Waals surface area contributed by atoms with Gasteiger partial charge in [0.15, 0.2) is 50.3 Å². The van der Waals surface area contributed by atoms with Crippen LogP contribution >= 0.6 is 0 Å². The smallest absolute Gasteiger partial charge is 0.364 e. The van der Waals surface area contributed by atoms with Crippen LogP contribution in [0.1, 0.15) is 6.42 Å². The fourth-order valence-electron chi connectivity index (χ4n) is 15.0. The summed E-state index contributed by atoms with van der Waals surface area (Å²) in [4.78, 5) is 13.5. The Morgan fingerprint density at radius 3 is 1.18 bits per heavy atom. The van der Waals surface area contributed by atoms with Gasteiger partial charge in [0.25, 0.3) is 5.79 Å². The molecule has 0 unspecified atom stereocenters. The minimum Gasteiger partial charge on any atom is -0.477 e. The first-order chi connectivity index (χ1) is 57.1. The molecule has 0 radical (unpaired) electrons. The van der Waals surface area contributed by atoms with Crippen LogP contribution in [0.4, 0.5) is 0 Å². The lowest BCUT2D eigenvalue weighted by atomic mass is 9.91. The van der Waals surface area contributed by atoms with Crippen molar-refractivity contribution in [1.29, 1.82) is 0 Å². The molecular formula is C65H114N2O54. The van der Waals surface area contributed by atoms with Crippen LogP contribution in [0.25, 0.3) is 0 Å². The number of carboxylic acid groups (broad SMARTS) is 1. The Morgan fingerprint density at radius 2 is 0.702 bits per heavy atom. The SMILES string of the molecule is N[C@H]1[C@H](OC[C@@H](O)[C@@H](O)[C@H](O)[C@@H](N)CO)O[C@H](CO[C@]2(C(=O)O)C[C@@H](O)[C@@H](O[C@H]3O[C@H]([C@@H](O)CO)[C@@H](O[C@@H]4O[C@H](CO)[C@@H](O)[C@H](O)[C@H]4O)[C@H](O[C@H]4O[C@H]([C@@H](O)CO)[C@@H](O)[C@H](O[C@H]5O[C@H](CO)[C@@H](O[C@@H]6O[C@H](CO)[C@@H](O)[C@H](O)[C@H]6O)[C@H](O)[C@H]5O)[C@@H]4O[C@H]4O[C@H]([C@@H](O)CO)[C@@H](O)[C@H](O)[C@@H]4O[C@@H]4O[C@H](CO)[C@H](O)[C@H](O)[C@H]4O)[C@@H]3O)[C@@H]([C@H](O)CO)O2)[C@@H](O)[C@@H]1O. The van der Waals surface area contributed by atoms with Crippen LogP contribution in [0.5, 0.6) is 0 Å². The molecule has 0 aromatic heterocycles. The third-order valence-corrected chi connectivity index (χ3v) is 22.3. The summed E-state index contributed by atoms with van der Waals surface area (Å²) >= 11 is 0. The number of carbonyl (C=O) groups is 1. The van der Waals surface area contributed by atoms with Crippen LogP contribution in [-0.4, -0.2) is 576 Å². The average molecular weight is 1790 g/mol. The molecule has 0 aromatic rings. The number of nitrogens with two attached hydrogens (primary N) is 2. The Balaban J connectivity index is 1.14. The lowest BCUT2D eigenvalue weighted by Crippen LogP contribution is -2.72. The molecule has 0 spiro atoms. The standard InChI is InChI=1S/C65H114N2O54/c66-13(2-68)26(83)27(84)19(82)11-104-56-25(67)32(89)31(88)24(110-56)12-105-65(64(102)103)1-14(77)47(49(121-65)18(81)6-72)113-61-44(101)52(54(48(114-61)17(80)5-71)119-59-41(98)35(92)30(87)22(9-75)108-59)117-63-55(120-62-53(37(94)36(93)45(111-62)15(78)3-69)118-58-40(97)34(91)29(86)21(8-74)107-58)51(43(100)46(112-63)16(79)4-70)116-60-42(99)38(95)50(23(10-76)109-60)115-57-39(96)33(90)28(85)20(7-73)106-57/h13-63,68-101H,1-12,66-67H2,(H,102,103)/t13-,14+,15-,16-,17-,18+,19+,20+,21+,22+,23+,24+,25+,26+,27+,28+,29-,30+,31+,32+,33-,34-,35-,36-,37-,38+,39+,40+,41+,42+,43+,44-,45+,46+,47+,48+,49+,50+,51-,52+,53-,54+,55-,56+,57-,58-,59-,60+,61-,62+,63+,65+/m0/s1. The van der Waals surface area contributed by atoms with E-state index in [1.54, 1.807) is 0 Å². The van der Waals surface area contributed by atoms with E-state index in [0.29, 0.717) is 0 Å². The van der Waals surface area contributed by atoms with Crippen molar-refractivity contribution in [3.8, 4) is 0 Å². The molecule has 0 aromatic carbocycles. The summed E-state index contributed by atoms with van der Waals surface area (Å²) in [6, 6.07) is -3.20. The van der Waals surface area contributed by atoms with Crippen molar-refractivity contribution in [3.05, 3.63) is 0 Å². The molecule has 9 saturated heterocycles. The Bertz CT molecular complexity index is 3090. The monoisotopic (exact) mass is 1790 g/mol. The maximum absolute atomic E-state index is 13.5. The molecule has 39 N–H and O–H groups in total. The van der Waals surface area contributed by atoms with Gasteiger partial charge in [-0.2, -0.15) is 0 Å². The first-order valence-corrected chi connectivity index (χ1v) is 38.1. The summed E-state index contributed by atoms with van der Waals surface area (Å²) in [5.74, 6) is -5.55. The summed E-state index contributed by atoms with van der Waals surface area (Å²) in [5, 5.41) is 387. The lowest BCUT2D eigenvalue weighted by Gasteiger charge is -2.53. The molecule has 9 aliphatic heterocycles. The van der Waals surface area contributed by atoms with E-state index in [0.717, 1.165) is 0 Å². The number of aliphatic hydroxyl groups is 34. The van der Waals surface area contributed by atoms with E-state index in [-0.39, 0.29) is 0 Å². The molecule has 0 saturated carbocycles. The highest BCUT2D eigenvalue weighted by molar-refractivity contribution is 5.76. The van der Waals surface area contributed by atoms with Gasteiger partial charge in [-0.15, -0.1) is 0 Å². The number of rotatable bonds is 37. The fourth-order valence-corrected chi connectivity index (χ4v) is 15.0. The van der Waals surface area contributed by atoms with Crippen LogP contribution in [0.2, 0.25) is 0 Å². The highest BCUT2D eigenvalue weighted by atomic mass is 16.8. The number of aliphatic carboxylic acids is 1. The van der Waals surface area contributed by atoms with Crippen LogP contribution in [0, 0.1) is 0 Å². The summed E-state index contributed by atoms with van der Waals surface area (Å²) in [6.07, 6.45) is -119. The molecule has 9 fully saturated rings. The number of aliphatic hydroxyl groups excluding tert-OH is 34. The predicted octanol–water partition coefficient (Wildman–Crippen LogP) is -25.3. The third-order valence-electron chi connectivity index (χ3n) is 22.3. The number of hydrogen-bond donors (Lipinski definition) is 37. The zero-order chi connectivity index (χ0) is 89.7. The van der Waals surface area contributed by atoms with Gasteiger partial charge >= 0.3 is 5.97 Å². The molecular weight excluding hydrogens is 1670 g/mol. The lowest BCUT2D eigenvalue weighted by molar-refractivity contribution is -0.429. The van der Waals surface area contributed by atoms with Crippen molar-refractivity contribution >= 4 is 5.97 Å². The molecule has 708 valence electrons. The molecule has 9 rings (SSSR count). The predicted molar refractivity (Wildman–Crippen MR) is 365 cm³/mol. The molecule has 0 amide bonds. The van der Waals surface area contributed by atoms with Gasteiger partial charge in [-0.3, -0.25) is 0 Å². The van der Waals surface area contributed by atoms with E-state index >= 15 is 0 Å². The second-order valence-corrected chi connectivity index (χ2v) is 30.4. The van der Waals surface area contributed by atoms with Crippen molar-refractivity contribution < 1.29 is 269 Å². The van der Waals surface area contributed by atoms with Crippen molar-refractivity contribution in [2.24, 2.45) is 11.5 Å². The van der Waals surface area contributed by atoms with E-state index in [1.807, 2.05) is 0 Å². The highest BCUT2D eigenvalue weighted by Gasteiger charge is 2.64. The van der Waals surface area contributed by atoms with Gasteiger partial charge in [0.1, 0.15) is 238 Å². The summed E-state index contributed by atoms with van der Waals surface area (Å²) in [7, 11) is 0. The molecule has 121 heavy (non-hydrogen) atoms.